The van der Waals surface area contributed by atoms with Gasteiger partial charge in [0, 0.05) is 36.5 Å². The number of aromatic nitrogens is 2. The summed E-state index contributed by atoms with van der Waals surface area (Å²) in [6.45, 7) is 9.65. The van der Waals surface area contributed by atoms with E-state index in [1.165, 1.54) is 10.6 Å². The molecule has 0 amide bonds. The molecule has 0 aliphatic rings. The number of alkyl halides is 3. The Morgan fingerprint density at radius 3 is 2.26 bits per heavy atom. The lowest BCUT2D eigenvalue weighted by Gasteiger charge is -2.19. The summed E-state index contributed by atoms with van der Waals surface area (Å²) in [5.41, 5.74) is 1.85. The summed E-state index contributed by atoms with van der Waals surface area (Å²) in [4.78, 5) is 4.52. The van der Waals surface area contributed by atoms with Crippen LogP contribution in [0.2, 0.25) is 25.7 Å². The number of hydrogen-bond acceptors (Lipinski definition) is 3. The standard InChI is InChI=1S/C26H32BrF3N2O2Si/c1-5-6-13-34-21-10-7-19(8-11-21)23-12-9-20(17-31-23)24-16-22(27)25(26(28,29)30)32(24)18-33-14-15-35(2,3)4/h7-12,16-17H,5-6,13-15,18H2,1-4H3. The van der Waals surface area contributed by atoms with Crippen molar-refractivity contribution in [3.63, 3.8) is 0 Å². The Hall–Kier alpha value is -2.10. The van der Waals surface area contributed by atoms with Gasteiger partial charge in [0.1, 0.15) is 18.2 Å². The van der Waals surface area contributed by atoms with E-state index in [1.54, 1.807) is 12.3 Å². The summed E-state index contributed by atoms with van der Waals surface area (Å²) in [7, 11) is -1.35. The average Bonchev–Trinajstić information content (AvgIpc) is 3.13. The predicted octanol–water partition coefficient (Wildman–Crippen LogP) is 8.49. The smallest absolute Gasteiger partial charge is 0.432 e. The van der Waals surface area contributed by atoms with Crippen molar-refractivity contribution in [3.8, 4) is 28.3 Å². The van der Waals surface area contributed by atoms with E-state index in [9.17, 15) is 13.2 Å². The van der Waals surface area contributed by atoms with Gasteiger partial charge < -0.3 is 14.0 Å². The van der Waals surface area contributed by atoms with E-state index >= 15 is 0 Å². The molecule has 2 aromatic heterocycles. The van der Waals surface area contributed by atoms with Gasteiger partial charge in [0.15, 0.2) is 0 Å². The van der Waals surface area contributed by atoms with Gasteiger partial charge in [-0.15, -0.1) is 0 Å². The molecule has 9 heteroatoms. The molecule has 4 nitrogen and oxygen atoms in total. The number of rotatable bonds is 11. The van der Waals surface area contributed by atoms with Gasteiger partial charge in [0.05, 0.1) is 18.0 Å². The minimum Gasteiger partial charge on any atom is -0.494 e. The maximum atomic E-state index is 13.8. The maximum Gasteiger partial charge on any atom is 0.432 e. The van der Waals surface area contributed by atoms with Gasteiger partial charge in [0.2, 0.25) is 0 Å². The largest absolute Gasteiger partial charge is 0.494 e. The molecule has 0 N–H and O–H groups in total. The Morgan fingerprint density at radius 1 is 1.00 bits per heavy atom. The zero-order chi connectivity index (χ0) is 25.6. The molecule has 0 fully saturated rings. The first kappa shape index (κ1) is 27.5. The number of unbranched alkanes of at least 4 members (excludes halogenated alkanes) is 1. The highest BCUT2D eigenvalue weighted by Gasteiger charge is 2.38. The van der Waals surface area contributed by atoms with Crippen LogP contribution in [0.1, 0.15) is 25.5 Å². The molecule has 0 aliphatic heterocycles. The van der Waals surface area contributed by atoms with E-state index in [-0.39, 0.29) is 11.2 Å². The summed E-state index contributed by atoms with van der Waals surface area (Å²) in [5.74, 6) is 0.801. The Morgan fingerprint density at radius 2 is 1.69 bits per heavy atom. The Bertz CT molecular complexity index is 1090. The van der Waals surface area contributed by atoms with Gasteiger partial charge in [0.25, 0.3) is 0 Å². The lowest BCUT2D eigenvalue weighted by atomic mass is 10.1. The number of benzene rings is 1. The topological polar surface area (TPSA) is 36.3 Å². The Balaban J connectivity index is 1.82. The Kier molecular flexibility index (Phi) is 9.23. The van der Waals surface area contributed by atoms with Crippen molar-refractivity contribution < 1.29 is 22.6 Å². The monoisotopic (exact) mass is 568 g/mol. The van der Waals surface area contributed by atoms with Crippen molar-refractivity contribution in [2.75, 3.05) is 13.2 Å². The van der Waals surface area contributed by atoms with Crippen molar-refractivity contribution in [1.82, 2.24) is 9.55 Å². The highest BCUT2D eigenvalue weighted by atomic mass is 79.9. The lowest BCUT2D eigenvalue weighted by Crippen LogP contribution is -2.23. The first-order valence-electron chi connectivity index (χ1n) is 11.7. The summed E-state index contributed by atoms with van der Waals surface area (Å²) in [6, 6.07) is 13.6. The Labute approximate surface area is 214 Å². The molecule has 2 heterocycles. The third-order valence-electron chi connectivity index (χ3n) is 5.51. The zero-order valence-electron chi connectivity index (χ0n) is 20.6. The number of ether oxygens (including phenoxy) is 2. The van der Waals surface area contributed by atoms with Gasteiger partial charge in [-0.1, -0.05) is 33.0 Å². The third kappa shape index (κ3) is 7.69. The van der Waals surface area contributed by atoms with Crippen LogP contribution in [0.4, 0.5) is 13.2 Å². The van der Waals surface area contributed by atoms with Crippen molar-refractivity contribution in [1.29, 1.82) is 0 Å². The molecule has 3 aromatic rings. The number of hydrogen-bond donors (Lipinski definition) is 0. The van der Waals surface area contributed by atoms with E-state index in [2.05, 4.69) is 47.5 Å². The predicted molar refractivity (Wildman–Crippen MR) is 140 cm³/mol. The summed E-state index contributed by atoms with van der Waals surface area (Å²) in [5, 5.41) is 0. The molecule has 0 bridgehead atoms. The molecule has 0 atom stereocenters. The lowest BCUT2D eigenvalue weighted by molar-refractivity contribution is -0.146. The molecular weight excluding hydrogens is 537 g/mol. The van der Waals surface area contributed by atoms with E-state index in [0.717, 1.165) is 35.9 Å². The molecule has 0 unspecified atom stereocenters. The highest BCUT2D eigenvalue weighted by molar-refractivity contribution is 9.10. The van der Waals surface area contributed by atoms with Gasteiger partial charge in [-0.25, -0.2) is 0 Å². The highest BCUT2D eigenvalue weighted by Crippen LogP contribution is 2.40. The van der Waals surface area contributed by atoms with Gasteiger partial charge in [-0.3, -0.25) is 4.98 Å². The molecular formula is C26H32BrF3N2O2Si. The van der Waals surface area contributed by atoms with Crippen LogP contribution in [-0.2, 0) is 17.6 Å². The second-order valence-corrected chi connectivity index (χ2v) is 16.1. The van der Waals surface area contributed by atoms with E-state index < -0.39 is 19.9 Å². The fourth-order valence-electron chi connectivity index (χ4n) is 3.48. The van der Waals surface area contributed by atoms with Crippen LogP contribution in [0.25, 0.3) is 22.5 Å². The summed E-state index contributed by atoms with van der Waals surface area (Å²) >= 11 is 3.10. The van der Waals surface area contributed by atoms with Crippen LogP contribution in [0.3, 0.4) is 0 Å². The first-order valence-corrected chi connectivity index (χ1v) is 16.2. The first-order chi connectivity index (χ1) is 16.5. The molecule has 0 aliphatic carbocycles. The van der Waals surface area contributed by atoms with Crippen molar-refractivity contribution in [2.24, 2.45) is 0 Å². The van der Waals surface area contributed by atoms with Crippen molar-refractivity contribution in [3.05, 3.63) is 58.8 Å². The molecule has 0 spiro atoms. The maximum absolute atomic E-state index is 13.8. The minimum atomic E-state index is -4.52. The van der Waals surface area contributed by atoms with E-state index in [4.69, 9.17) is 9.47 Å². The fourth-order valence-corrected chi connectivity index (χ4v) is 4.90. The van der Waals surface area contributed by atoms with Gasteiger partial charge in [-0.2, -0.15) is 13.2 Å². The van der Waals surface area contributed by atoms with Crippen molar-refractivity contribution in [2.45, 2.75) is 58.4 Å². The molecule has 1 aromatic carbocycles. The summed E-state index contributed by atoms with van der Waals surface area (Å²) < 4.78 is 54.0. The molecule has 35 heavy (non-hydrogen) atoms. The van der Waals surface area contributed by atoms with Gasteiger partial charge >= 0.3 is 6.18 Å². The van der Waals surface area contributed by atoms with Crippen LogP contribution in [-0.4, -0.2) is 30.8 Å². The second-order valence-electron chi connectivity index (χ2n) is 9.66. The number of nitrogens with zero attached hydrogens (tertiary/aromatic N) is 2. The minimum absolute atomic E-state index is 0.0171. The normalized spacial score (nSPS) is 12.2. The van der Waals surface area contributed by atoms with Crippen molar-refractivity contribution >= 4 is 24.0 Å². The third-order valence-corrected chi connectivity index (χ3v) is 7.82. The number of halogens is 4. The quantitative estimate of drug-likeness (QED) is 0.172. The average molecular weight is 570 g/mol. The van der Waals surface area contributed by atoms with Crippen LogP contribution in [0.5, 0.6) is 5.75 Å². The van der Waals surface area contributed by atoms with Crippen LogP contribution < -0.4 is 4.74 Å². The molecule has 3 rings (SSSR count). The molecule has 0 saturated carbocycles. The number of pyridine rings is 1. The SMILES string of the molecule is CCCCOc1ccc(-c2ccc(-c3cc(Br)c(C(F)(F)F)n3COCC[Si](C)(C)C)cn2)cc1. The fraction of sp³-hybridized carbons (Fsp3) is 0.423. The van der Waals surface area contributed by atoms with Crippen LogP contribution in [0.15, 0.2) is 53.1 Å². The molecule has 0 saturated heterocycles. The van der Waals surface area contributed by atoms with Crippen LogP contribution >= 0.6 is 15.9 Å². The van der Waals surface area contributed by atoms with Crippen LogP contribution in [0, 0.1) is 0 Å². The summed E-state index contributed by atoms with van der Waals surface area (Å²) in [6.07, 6.45) is -0.847. The molecule has 190 valence electrons. The van der Waals surface area contributed by atoms with Gasteiger partial charge in [-0.05, 0) is 70.9 Å². The van der Waals surface area contributed by atoms with E-state index in [1.807, 2.05) is 30.3 Å². The molecule has 0 radical (unpaired) electrons. The zero-order valence-corrected chi connectivity index (χ0v) is 23.2. The van der Waals surface area contributed by atoms with E-state index in [0.29, 0.717) is 24.5 Å². The second kappa shape index (κ2) is 11.8.